The van der Waals surface area contributed by atoms with Gasteiger partial charge >= 0.3 is 0 Å². The van der Waals surface area contributed by atoms with Crippen molar-refractivity contribution in [3.05, 3.63) is 29.7 Å². The van der Waals surface area contributed by atoms with Gasteiger partial charge in [-0.05, 0) is 43.0 Å². The number of nitrogens with two attached hydrogens (primary N) is 1. The van der Waals surface area contributed by atoms with Gasteiger partial charge in [0.1, 0.15) is 11.9 Å². The molecule has 160 valence electrons. The van der Waals surface area contributed by atoms with Crippen molar-refractivity contribution in [2.24, 2.45) is 11.1 Å². The monoisotopic (exact) mass is 407 g/mol. The summed E-state index contributed by atoms with van der Waals surface area (Å²) >= 11 is 0. The zero-order valence-electron chi connectivity index (χ0n) is 17.2. The number of hydrogen-bond acceptors (Lipinski definition) is 5. The van der Waals surface area contributed by atoms with Gasteiger partial charge in [-0.2, -0.15) is 5.10 Å². The summed E-state index contributed by atoms with van der Waals surface area (Å²) in [5, 5.41) is 19.2. The van der Waals surface area contributed by atoms with Crippen LogP contribution in [0.15, 0.2) is 18.2 Å². The molecule has 0 fully saturated rings. The molecule has 8 nitrogen and oxygen atoms in total. The van der Waals surface area contributed by atoms with Gasteiger partial charge in [0, 0.05) is 18.5 Å². The second-order valence-electron chi connectivity index (χ2n) is 8.02. The summed E-state index contributed by atoms with van der Waals surface area (Å²) in [6.45, 7) is 6.43. The summed E-state index contributed by atoms with van der Waals surface area (Å²) in [5.74, 6) is -1.32. The Kier molecular flexibility index (Phi) is 7.69. The molecule has 0 aliphatic rings. The van der Waals surface area contributed by atoms with E-state index in [0.29, 0.717) is 24.0 Å². The van der Waals surface area contributed by atoms with Crippen LogP contribution in [0.25, 0.3) is 10.9 Å². The molecule has 2 rings (SSSR count). The number of rotatable bonds is 9. The van der Waals surface area contributed by atoms with Gasteiger partial charge in [-0.25, -0.2) is 4.39 Å². The Balaban J connectivity index is 2.34. The predicted molar refractivity (Wildman–Crippen MR) is 109 cm³/mol. The van der Waals surface area contributed by atoms with Crippen LogP contribution in [0.2, 0.25) is 0 Å². The number of nitrogens with one attached hydrogen (secondary N) is 2. The van der Waals surface area contributed by atoms with E-state index in [1.165, 1.54) is 18.2 Å². The maximum Gasteiger partial charge on any atom is 0.273 e. The van der Waals surface area contributed by atoms with Crippen molar-refractivity contribution in [3.63, 3.8) is 0 Å². The average molecular weight is 407 g/mol. The van der Waals surface area contributed by atoms with Crippen molar-refractivity contribution in [3.8, 4) is 0 Å². The third kappa shape index (κ3) is 5.74. The summed E-state index contributed by atoms with van der Waals surface area (Å²) in [6.07, 6.45) is 1.54. The number of hydrogen-bond donors (Lipinski definition) is 4. The van der Waals surface area contributed by atoms with Crippen molar-refractivity contribution in [1.82, 2.24) is 20.4 Å². The maximum atomic E-state index is 13.8. The minimum atomic E-state index is -0.834. The third-order valence-corrected chi connectivity index (χ3v) is 4.57. The molecule has 0 bridgehead atoms. The number of halogens is 1. The minimum absolute atomic E-state index is 0.0965. The molecule has 0 saturated heterocycles. The van der Waals surface area contributed by atoms with E-state index in [0.717, 1.165) is 12.8 Å². The molecule has 0 aliphatic heterocycles. The average Bonchev–Trinajstić information content (AvgIpc) is 3.01. The van der Waals surface area contributed by atoms with E-state index in [9.17, 15) is 14.0 Å². The lowest BCUT2D eigenvalue weighted by molar-refractivity contribution is -0.125. The Morgan fingerprint density at radius 2 is 2.03 bits per heavy atom. The smallest absolute Gasteiger partial charge is 0.273 e. The fourth-order valence-corrected chi connectivity index (χ4v) is 3.05. The number of nitrogens with zero attached hydrogens (tertiary/aromatic N) is 2. The Labute approximate surface area is 169 Å². The quantitative estimate of drug-likeness (QED) is 0.465. The number of aryl methyl sites for hydroxylation is 1. The molecule has 1 aromatic carbocycles. The standard InChI is InChI=1S/C20H30FN5O3/c1-20(2,3)17(19(29)23-9-11-27)24-18(28)16-14-7-6-13(21)12-15(14)26(25-16)10-5-4-8-22/h6-7,12,17,27H,4-5,8-11,22H2,1-3H3,(H,23,29)(H,24,28)/t17-/m1/s1. The number of benzene rings is 1. The zero-order chi connectivity index (χ0) is 21.6. The van der Waals surface area contributed by atoms with Crippen molar-refractivity contribution < 1.29 is 19.1 Å². The van der Waals surface area contributed by atoms with Crippen LogP contribution in [0.4, 0.5) is 4.39 Å². The van der Waals surface area contributed by atoms with Crippen molar-refractivity contribution >= 4 is 22.7 Å². The highest BCUT2D eigenvalue weighted by atomic mass is 19.1. The topological polar surface area (TPSA) is 122 Å². The Bertz CT molecular complexity index is 860. The molecular weight excluding hydrogens is 377 g/mol. The lowest BCUT2D eigenvalue weighted by atomic mass is 9.86. The van der Waals surface area contributed by atoms with Crippen LogP contribution in [-0.4, -0.2) is 52.4 Å². The molecule has 2 amide bonds. The molecule has 1 atom stereocenters. The number of aliphatic hydroxyl groups is 1. The van der Waals surface area contributed by atoms with Gasteiger partial charge in [-0.1, -0.05) is 20.8 Å². The molecule has 5 N–H and O–H groups in total. The molecule has 0 unspecified atom stereocenters. The maximum absolute atomic E-state index is 13.8. The number of aromatic nitrogens is 2. The van der Waals surface area contributed by atoms with Crippen LogP contribution >= 0.6 is 0 Å². The molecule has 1 heterocycles. The number of unbranched alkanes of at least 4 members (excludes halogenated alkanes) is 1. The molecule has 0 spiro atoms. The van der Waals surface area contributed by atoms with Gasteiger partial charge < -0.3 is 21.5 Å². The van der Waals surface area contributed by atoms with E-state index in [1.54, 1.807) is 4.68 Å². The Hall–Kier alpha value is -2.52. The zero-order valence-corrected chi connectivity index (χ0v) is 17.2. The van der Waals surface area contributed by atoms with E-state index in [4.69, 9.17) is 10.8 Å². The van der Waals surface area contributed by atoms with Crippen LogP contribution in [0, 0.1) is 11.2 Å². The van der Waals surface area contributed by atoms with Gasteiger partial charge in [-0.15, -0.1) is 0 Å². The van der Waals surface area contributed by atoms with Crippen LogP contribution in [-0.2, 0) is 11.3 Å². The van der Waals surface area contributed by atoms with E-state index in [-0.39, 0.29) is 18.8 Å². The SMILES string of the molecule is CC(C)(C)[C@H](NC(=O)c1nn(CCCCN)c2cc(F)ccc12)C(=O)NCCO. The first-order chi connectivity index (χ1) is 13.7. The minimum Gasteiger partial charge on any atom is -0.395 e. The highest BCUT2D eigenvalue weighted by Gasteiger charge is 2.33. The van der Waals surface area contributed by atoms with Crippen molar-refractivity contribution in [2.75, 3.05) is 19.7 Å². The number of amides is 2. The first-order valence-corrected chi connectivity index (χ1v) is 9.74. The van der Waals surface area contributed by atoms with Crippen molar-refractivity contribution in [2.45, 2.75) is 46.2 Å². The van der Waals surface area contributed by atoms with Crippen molar-refractivity contribution in [1.29, 1.82) is 0 Å². The second-order valence-corrected chi connectivity index (χ2v) is 8.02. The fourth-order valence-electron chi connectivity index (χ4n) is 3.05. The Morgan fingerprint density at radius 1 is 1.31 bits per heavy atom. The van der Waals surface area contributed by atoms with Crippen LogP contribution < -0.4 is 16.4 Å². The normalized spacial score (nSPS) is 12.8. The summed E-state index contributed by atoms with van der Waals surface area (Å²) in [6, 6.07) is 3.31. The molecule has 2 aromatic rings. The van der Waals surface area contributed by atoms with E-state index in [1.807, 2.05) is 20.8 Å². The van der Waals surface area contributed by atoms with Gasteiger partial charge in [-0.3, -0.25) is 14.3 Å². The largest absolute Gasteiger partial charge is 0.395 e. The lowest BCUT2D eigenvalue weighted by Gasteiger charge is -2.30. The second kappa shape index (κ2) is 9.80. The summed E-state index contributed by atoms with van der Waals surface area (Å²) in [7, 11) is 0. The van der Waals surface area contributed by atoms with Gasteiger partial charge in [0.2, 0.25) is 5.91 Å². The fraction of sp³-hybridized carbons (Fsp3) is 0.550. The highest BCUT2D eigenvalue weighted by Crippen LogP contribution is 2.23. The molecule has 0 aliphatic carbocycles. The van der Waals surface area contributed by atoms with Crippen LogP contribution in [0.5, 0.6) is 0 Å². The number of fused-ring (bicyclic) bond motifs is 1. The predicted octanol–water partition coefficient (Wildman–Crippen LogP) is 1.17. The van der Waals surface area contributed by atoms with Gasteiger partial charge in [0.05, 0.1) is 12.1 Å². The van der Waals surface area contributed by atoms with E-state index < -0.39 is 29.1 Å². The van der Waals surface area contributed by atoms with Gasteiger partial charge in [0.25, 0.3) is 5.91 Å². The summed E-state index contributed by atoms with van der Waals surface area (Å²) in [5.41, 5.74) is 5.62. The van der Waals surface area contributed by atoms with Gasteiger partial charge in [0.15, 0.2) is 5.69 Å². The summed E-state index contributed by atoms with van der Waals surface area (Å²) < 4.78 is 15.4. The number of carbonyl (C=O) groups excluding carboxylic acids is 2. The van der Waals surface area contributed by atoms with E-state index in [2.05, 4.69) is 15.7 Å². The highest BCUT2D eigenvalue weighted by molar-refractivity contribution is 6.06. The number of aliphatic hydroxyl groups excluding tert-OH is 1. The number of carbonyl (C=O) groups is 2. The molecule has 1 aromatic heterocycles. The summed E-state index contributed by atoms with van der Waals surface area (Å²) in [4.78, 5) is 25.5. The lowest BCUT2D eigenvalue weighted by Crippen LogP contribution is -2.54. The first kappa shape index (κ1) is 22.8. The first-order valence-electron chi connectivity index (χ1n) is 9.74. The molecule has 0 saturated carbocycles. The van der Waals surface area contributed by atoms with Crippen LogP contribution in [0.1, 0.15) is 44.1 Å². The van der Waals surface area contributed by atoms with Crippen LogP contribution in [0.3, 0.4) is 0 Å². The molecule has 0 radical (unpaired) electrons. The molecule has 29 heavy (non-hydrogen) atoms. The molecular formula is C20H30FN5O3. The van der Waals surface area contributed by atoms with E-state index >= 15 is 0 Å². The molecule has 9 heteroatoms. The Morgan fingerprint density at radius 3 is 2.66 bits per heavy atom. The third-order valence-electron chi connectivity index (χ3n) is 4.57.